The summed E-state index contributed by atoms with van der Waals surface area (Å²) in [5.74, 6) is 2.13. The third kappa shape index (κ3) is 5.25. The first-order valence-electron chi connectivity index (χ1n) is 9.76. The van der Waals surface area contributed by atoms with Crippen molar-refractivity contribution in [1.82, 2.24) is 40.4 Å². The zero-order valence-electron chi connectivity index (χ0n) is 17.8. The molecule has 0 aliphatic heterocycles. The molecule has 4 rings (SSSR count). The van der Waals surface area contributed by atoms with Gasteiger partial charge in [0.15, 0.2) is 0 Å². The van der Waals surface area contributed by atoms with E-state index in [9.17, 15) is 0 Å². The van der Waals surface area contributed by atoms with Gasteiger partial charge in [-0.15, -0.1) is 20.4 Å². The lowest BCUT2D eigenvalue weighted by Crippen LogP contribution is -2.04. The van der Waals surface area contributed by atoms with Crippen molar-refractivity contribution in [2.45, 2.75) is 39.8 Å². The third-order valence-corrected chi connectivity index (χ3v) is 4.16. The first-order valence-corrected chi connectivity index (χ1v) is 9.76. The van der Waals surface area contributed by atoms with Gasteiger partial charge in [0.25, 0.3) is 0 Å². The second-order valence-electron chi connectivity index (χ2n) is 7.15. The van der Waals surface area contributed by atoms with Crippen molar-refractivity contribution in [3.8, 4) is 28.5 Å². The van der Waals surface area contributed by atoms with Gasteiger partial charge in [0.05, 0.1) is 19.2 Å². The van der Waals surface area contributed by atoms with E-state index >= 15 is 0 Å². The Hall–Kier alpha value is -3.62. The van der Waals surface area contributed by atoms with Crippen molar-refractivity contribution < 1.29 is 4.74 Å². The number of hydrogen-bond donors (Lipinski definition) is 0. The molecule has 0 unspecified atom stereocenters. The molecule has 0 saturated carbocycles. The molecule has 9 heteroatoms. The van der Waals surface area contributed by atoms with Crippen molar-refractivity contribution >= 4 is 0 Å². The van der Waals surface area contributed by atoms with E-state index in [0.717, 1.165) is 16.9 Å². The SMILES string of the molecule is CC(C)n1nnc(-c2ccccc2)n1.COc1ccc(-c2nnn(C(C)C)n2)cc1. The van der Waals surface area contributed by atoms with Crippen molar-refractivity contribution in [2.75, 3.05) is 7.11 Å². The molecule has 2 aromatic carbocycles. The topological polar surface area (TPSA) is 96.4 Å². The predicted octanol–water partition coefficient (Wildman–Crippen LogP) is 3.85. The van der Waals surface area contributed by atoms with Gasteiger partial charge < -0.3 is 4.74 Å². The molecule has 156 valence electrons. The Morgan fingerprint density at radius 2 is 1.13 bits per heavy atom. The van der Waals surface area contributed by atoms with E-state index in [1.165, 1.54) is 0 Å². The Morgan fingerprint density at radius 1 is 0.667 bits per heavy atom. The Labute approximate surface area is 175 Å². The standard InChI is InChI=1S/C11H14N4O.C10H12N4/c1-8(2)15-13-11(12-14-15)9-4-6-10(16-3)7-5-9;1-8(2)14-12-10(11-13-14)9-6-4-3-5-7-9/h4-8H,1-3H3;3-8H,1-2H3. The summed E-state index contributed by atoms with van der Waals surface area (Å²) in [7, 11) is 1.64. The monoisotopic (exact) mass is 406 g/mol. The summed E-state index contributed by atoms with van der Waals surface area (Å²) in [6, 6.07) is 17.9. The lowest BCUT2D eigenvalue weighted by Gasteiger charge is -2.00. The van der Waals surface area contributed by atoms with Crippen LogP contribution in [0.2, 0.25) is 0 Å². The summed E-state index contributed by atoms with van der Waals surface area (Å²) in [6.07, 6.45) is 0. The van der Waals surface area contributed by atoms with Crippen LogP contribution in [0.15, 0.2) is 54.6 Å². The molecule has 0 spiro atoms. The van der Waals surface area contributed by atoms with E-state index in [4.69, 9.17) is 4.74 Å². The molecule has 2 aromatic heterocycles. The van der Waals surface area contributed by atoms with Crippen LogP contribution >= 0.6 is 0 Å². The normalized spacial score (nSPS) is 10.8. The smallest absolute Gasteiger partial charge is 0.204 e. The van der Waals surface area contributed by atoms with E-state index in [2.05, 4.69) is 30.8 Å². The first-order chi connectivity index (χ1) is 14.5. The van der Waals surface area contributed by atoms with Crippen LogP contribution in [0.25, 0.3) is 22.8 Å². The fourth-order valence-electron chi connectivity index (χ4n) is 2.45. The van der Waals surface area contributed by atoms with Crippen LogP contribution in [-0.4, -0.2) is 47.5 Å². The number of rotatable bonds is 5. The lowest BCUT2D eigenvalue weighted by molar-refractivity contribution is 0.415. The van der Waals surface area contributed by atoms with Crippen LogP contribution in [0.1, 0.15) is 39.8 Å². The average molecular weight is 406 g/mol. The largest absolute Gasteiger partial charge is 0.497 e. The van der Waals surface area contributed by atoms with Crippen LogP contribution in [0.5, 0.6) is 5.75 Å². The molecule has 0 bridgehead atoms. The van der Waals surface area contributed by atoms with Crippen LogP contribution < -0.4 is 4.74 Å². The zero-order valence-corrected chi connectivity index (χ0v) is 17.8. The molecule has 0 amide bonds. The quantitative estimate of drug-likeness (QED) is 0.496. The van der Waals surface area contributed by atoms with E-state index in [-0.39, 0.29) is 12.1 Å². The number of hydrogen-bond acceptors (Lipinski definition) is 7. The van der Waals surface area contributed by atoms with Crippen LogP contribution in [-0.2, 0) is 0 Å². The first kappa shape index (κ1) is 21.1. The van der Waals surface area contributed by atoms with Crippen LogP contribution in [0.4, 0.5) is 0 Å². The highest BCUT2D eigenvalue weighted by Gasteiger charge is 2.08. The van der Waals surface area contributed by atoms with Crippen LogP contribution in [0.3, 0.4) is 0 Å². The van der Waals surface area contributed by atoms with Crippen molar-refractivity contribution in [3.63, 3.8) is 0 Å². The van der Waals surface area contributed by atoms with Gasteiger partial charge in [0.2, 0.25) is 11.6 Å². The highest BCUT2D eigenvalue weighted by Crippen LogP contribution is 2.18. The summed E-state index contributed by atoms with van der Waals surface area (Å²) in [5, 5.41) is 24.5. The molecular formula is C21H26N8O. The fourth-order valence-corrected chi connectivity index (χ4v) is 2.45. The van der Waals surface area contributed by atoms with Gasteiger partial charge in [-0.2, -0.15) is 9.59 Å². The molecule has 9 nitrogen and oxygen atoms in total. The number of methoxy groups -OCH3 is 1. The molecule has 0 saturated heterocycles. The second kappa shape index (κ2) is 9.73. The van der Waals surface area contributed by atoms with E-state index < -0.39 is 0 Å². The van der Waals surface area contributed by atoms with Gasteiger partial charge in [0, 0.05) is 11.1 Å². The fraction of sp³-hybridized carbons (Fsp3) is 0.333. The molecule has 0 radical (unpaired) electrons. The maximum Gasteiger partial charge on any atom is 0.204 e. The Balaban J connectivity index is 0.000000172. The van der Waals surface area contributed by atoms with E-state index in [0.29, 0.717) is 11.6 Å². The third-order valence-electron chi connectivity index (χ3n) is 4.16. The van der Waals surface area contributed by atoms with E-state index in [1.54, 1.807) is 16.7 Å². The summed E-state index contributed by atoms with van der Waals surface area (Å²) in [4.78, 5) is 3.21. The number of ether oxygens (including phenoxy) is 1. The molecule has 0 fully saturated rings. The molecule has 0 N–H and O–H groups in total. The molecule has 30 heavy (non-hydrogen) atoms. The number of benzene rings is 2. The number of aromatic nitrogens is 8. The molecule has 0 aliphatic carbocycles. The maximum absolute atomic E-state index is 5.09. The molecule has 4 aromatic rings. The number of nitrogens with zero attached hydrogens (tertiary/aromatic N) is 8. The van der Waals surface area contributed by atoms with E-state index in [1.807, 2.05) is 82.3 Å². The minimum absolute atomic E-state index is 0.222. The second-order valence-corrected chi connectivity index (χ2v) is 7.15. The van der Waals surface area contributed by atoms with Gasteiger partial charge in [-0.05, 0) is 62.4 Å². The maximum atomic E-state index is 5.09. The van der Waals surface area contributed by atoms with Gasteiger partial charge in [-0.1, -0.05) is 30.3 Å². The molecule has 0 atom stereocenters. The van der Waals surface area contributed by atoms with Crippen molar-refractivity contribution in [3.05, 3.63) is 54.6 Å². The minimum atomic E-state index is 0.222. The van der Waals surface area contributed by atoms with Gasteiger partial charge >= 0.3 is 0 Å². The highest BCUT2D eigenvalue weighted by atomic mass is 16.5. The Bertz CT molecular complexity index is 1040. The summed E-state index contributed by atoms with van der Waals surface area (Å²) in [6.45, 7) is 8.08. The van der Waals surface area contributed by atoms with Gasteiger partial charge in [-0.3, -0.25) is 0 Å². The Kier molecular flexibility index (Phi) is 6.84. The van der Waals surface area contributed by atoms with Gasteiger partial charge in [-0.25, -0.2) is 0 Å². The van der Waals surface area contributed by atoms with Gasteiger partial charge in [0.1, 0.15) is 5.75 Å². The highest BCUT2D eigenvalue weighted by molar-refractivity contribution is 5.55. The zero-order chi connectivity index (χ0) is 21.5. The summed E-state index contributed by atoms with van der Waals surface area (Å²) in [5.41, 5.74) is 1.94. The van der Waals surface area contributed by atoms with Crippen LogP contribution in [0, 0.1) is 0 Å². The molecule has 2 heterocycles. The average Bonchev–Trinajstić information content (AvgIpc) is 3.45. The molecule has 0 aliphatic rings. The molecular weight excluding hydrogens is 380 g/mol. The summed E-state index contributed by atoms with van der Waals surface area (Å²) >= 11 is 0. The Morgan fingerprint density at radius 3 is 1.53 bits per heavy atom. The minimum Gasteiger partial charge on any atom is -0.497 e. The summed E-state index contributed by atoms with van der Waals surface area (Å²) < 4.78 is 5.09. The van der Waals surface area contributed by atoms with Crippen molar-refractivity contribution in [2.24, 2.45) is 0 Å². The predicted molar refractivity (Wildman–Crippen MR) is 114 cm³/mol. The number of tetrazole rings is 2. The van der Waals surface area contributed by atoms with Crippen molar-refractivity contribution in [1.29, 1.82) is 0 Å². The lowest BCUT2D eigenvalue weighted by atomic mass is 10.2.